The van der Waals surface area contributed by atoms with Crippen LogP contribution in [0.5, 0.6) is 0 Å². The highest BCUT2D eigenvalue weighted by molar-refractivity contribution is 6.61. The summed E-state index contributed by atoms with van der Waals surface area (Å²) in [5.74, 6) is -0.211. The molecule has 7 heteroatoms. The fourth-order valence-electron chi connectivity index (χ4n) is 2.54. The number of aromatic nitrogens is 2. The predicted molar refractivity (Wildman–Crippen MR) is 96.9 cm³/mol. The number of rotatable bonds is 3. The molecular weight excluding hydrogens is 317 g/mol. The van der Waals surface area contributed by atoms with Gasteiger partial charge in [0.1, 0.15) is 0 Å². The second-order valence-electron chi connectivity index (χ2n) is 7.15. The number of anilines is 1. The van der Waals surface area contributed by atoms with Crippen molar-refractivity contribution in [1.29, 1.82) is 0 Å². The van der Waals surface area contributed by atoms with Gasteiger partial charge < -0.3 is 14.6 Å². The highest BCUT2D eigenvalue weighted by atomic mass is 16.7. The molecule has 0 atom stereocenters. The molecule has 2 aromatic heterocycles. The number of hydrogen-bond acceptors (Lipinski definition) is 5. The average molecular weight is 339 g/mol. The molecule has 1 fully saturated rings. The number of hydrogen-bond donors (Lipinski definition) is 1. The molecule has 1 aliphatic rings. The van der Waals surface area contributed by atoms with Crippen LogP contribution < -0.4 is 10.9 Å². The molecule has 2 aromatic rings. The van der Waals surface area contributed by atoms with E-state index in [1.807, 2.05) is 27.7 Å². The van der Waals surface area contributed by atoms with Crippen LogP contribution in [-0.2, 0) is 9.31 Å². The molecule has 3 heterocycles. The molecule has 6 nitrogen and oxygen atoms in total. The smallest absolute Gasteiger partial charge is 0.398 e. The molecule has 1 saturated heterocycles. The van der Waals surface area contributed by atoms with Gasteiger partial charge in [0.15, 0.2) is 0 Å². The molecule has 3 rings (SSSR count). The minimum atomic E-state index is -0.568. The van der Waals surface area contributed by atoms with Gasteiger partial charge >= 0.3 is 7.12 Å². The number of carbonyl (C=O) groups excluding carboxylic acids is 1. The summed E-state index contributed by atoms with van der Waals surface area (Å²) in [6.07, 6.45) is 3.29. The largest absolute Gasteiger partial charge is 0.514 e. The fraction of sp³-hybridized carbons (Fsp3) is 0.389. The predicted octanol–water partition coefficient (Wildman–Crippen LogP) is 2.34. The van der Waals surface area contributed by atoms with E-state index in [0.717, 1.165) is 0 Å². The summed E-state index contributed by atoms with van der Waals surface area (Å²) in [5.41, 5.74) is 1.60. The van der Waals surface area contributed by atoms with E-state index in [0.29, 0.717) is 22.5 Å². The van der Waals surface area contributed by atoms with Crippen molar-refractivity contribution in [2.45, 2.75) is 45.8 Å². The Bertz CT molecular complexity index is 792. The van der Waals surface area contributed by atoms with Crippen LogP contribution in [0.25, 0.3) is 0 Å². The Morgan fingerprint density at radius 3 is 2.40 bits per heavy atom. The monoisotopic (exact) mass is 339 g/mol. The topological polar surface area (TPSA) is 73.3 Å². The summed E-state index contributed by atoms with van der Waals surface area (Å²) in [4.78, 5) is 20.9. The highest BCUT2D eigenvalue weighted by Crippen LogP contribution is 2.36. The first-order valence-electron chi connectivity index (χ1n) is 8.24. The Labute approximate surface area is 148 Å². The maximum Gasteiger partial charge on any atom is 0.514 e. The zero-order valence-corrected chi connectivity index (χ0v) is 15.2. The SMILES string of the molecule is Cc1ncccc1C(=O)Nc1ccnc(B2OC(C)(C)C(C)(C)O2)c1. The normalized spacial score (nSPS) is 18.2. The zero-order chi connectivity index (χ0) is 18.2. The van der Waals surface area contributed by atoms with Gasteiger partial charge in [0.25, 0.3) is 5.91 Å². The van der Waals surface area contributed by atoms with Crippen LogP contribution in [0.2, 0.25) is 0 Å². The van der Waals surface area contributed by atoms with E-state index >= 15 is 0 Å². The minimum Gasteiger partial charge on any atom is -0.398 e. The van der Waals surface area contributed by atoms with E-state index in [9.17, 15) is 4.79 Å². The van der Waals surface area contributed by atoms with E-state index in [4.69, 9.17) is 9.31 Å². The summed E-state index contributed by atoms with van der Waals surface area (Å²) >= 11 is 0. The lowest BCUT2D eigenvalue weighted by molar-refractivity contribution is 0.00578. The second-order valence-corrected chi connectivity index (χ2v) is 7.15. The summed E-state index contributed by atoms with van der Waals surface area (Å²) in [5, 5.41) is 2.87. The van der Waals surface area contributed by atoms with Gasteiger partial charge in [-0.25, -0.2) is 0 Å². The third-order valence-corrected chi connectivity index (χ3v) is 4.79. The molecule has 0 radical (unpaired) electrons. The first-order valence-corrected chi connectivity index (χ1v) is 8.24. The van der Waals surface area contributed by atoms with Gasteiger partial charge in [0.2, 0.25) is 0 Å². The van der Waals surface area contributed by atoms with Crippen molar-refractivity contribution < 1.29 is 14.1 Å². The van der Waals surface area contributed by atoms with Gasteiger partial charge in [-0.15, -0.1) is 0 Å². The molecule has 0 bridgehead atoms. The standard InChI is InChI=1S/C18H22BN3O3/c1-12-14(7-6-9-20-12)16(23)22-13-8-10-21-15(11-13)19-24-17(2,3)18(4,5)25-19/h6-11H,1-5H3,(H,21,22,23). The van der Waals surface area contributed by atoms with Crippen molar-refractivity contribution in [1.82, 2.24) is 9.97 Å². The van der Waals surface area contributed by atoms with Crippen LogP contribution in [0.3, 0.4) is 0 Å². The average Bonchev–Trinajstić information content (AvgIpc) is 2.76. The van der Waals surface area contributed by atoms with Gasteiger partial charge in [-0.2, -0.15) is 0 Å². The van der Waals surface area contributed by atoms with Gasteiger partial charge in [-0.3, -0.25) is 14.8 Å². The van der Waals surface area contributed by atoms with Crippen LogP contribution in [0.4, 0.5) is 5.69 Å². The molecule has 1 N–H and O–H groups in total. The Morgan fingerprint density at radius 2 is 1.76 bits per heavy atom. The molecule has 0 aliphatic carbocycles. The highest BCUT2D eigenvalue weighted by Gasteiger charge is 2.52. The number of aryl methyl sites for hydroxylation is 1. The van der Waals surface area contributed by atoms with E-state index in [1.54, 1.807) is 43.6 Å². The van der Waals surface area contributed by atoms with Crippen molar-refractivity contribution in [2.24, 2.45) is 0 Å². The zero-order valence-electron chi connectivity index (χ0n) is 15.2. The maximum absolute atomic E-state index is 12.4. The maximum atomic E-state index is 12.4. The summed E-state index contributed by atoms with van der Waals surface area (Å²) in [6.45, 7) is 9.76. The van der Waals surface area contributed by atoms with E-state index in [-0.39, 0.29) is 5.91 Å². The van der Waals surface area contributed by atoms with Crippen molar-refractivity contribution in [2.75, 3.05) is 5.32 Å². The summed E-state index contributed by atoms with van der Waals surface area (Å²) < 4.78 is 12.0. The molecule has 130 valence electrons. The van der Waals surface area contributed by atoms with Crippen molar-refractivity contribution in [3.05, 3.63) is 47.9 Å². The molecule has 1 amide bonds. The fourth-order valence-corrected chi connectivity index (χ4v) is 2.54. The Morgan fingerprint density at radius 1 is 1.08 bits per heavy atom. The molecule has 0 aromatic carbocycles. The third-order valence-electron chi connectivity index (χ3n) is 4.79. The quantitative estimate of drug-likeness (QED) is 0.869. The second kappa shape index (κ2) is 6.24. The molecular formula is C18H22BN3O3. The lowest BCUT2D eigenvalue weighted by atomic mass is 9.84. The Balaban J connectivity index is 1.79. The molecule has 0 spiro atoms. The number of carbonyl (C=O) groups is 1. The first kappa shape index (κ1) is 17.6. The van der Waals surface area contributed by atoms with Crippen LogP contribution in [-0.4, -0.2) is 34.2 Å². The van der Waals surface area contributed by atoms with Crippen LogP contribution in [0.15, 0.2) is 36.7 Å². The summed E-state index contributed by atoms with van der Waals surface area (Å²) in [6, 6.07) is 6.99. The number of pyridine rings is 2. The third kappa shape index (κ3) is 3.43. The van der Waals surface area contributed by atoms with Gasteiger partial charge in [0, 0.05) is 23.8 Å². The molecule has 0 unspecified atom stereocenters. The molecule has 25 heavy (non-hydrogen) atoms. The lowest BCUT2D eigenvalue weighted by Crippen LogP contribution is -2.41. The lowest BCUT2D eigenvalue weighted by Gasteiger charge is -2.32. The van der Waals surface area contributed by atoms with Crippen LogP contribution in [0.1, 0.15) is 43.7 Å². The van der Waals surface area contributed by atoms with Crippen molar-refractivity contribution in [3.8, 4) is 0 Å². The van der Waals surface area contributed by atoms with Crippen molar-refractivity contribution >= 4 is 24.3 Å². The van der Waals surface area contributed by atoms with Crippen LogP contribution in [0, 0.1) is 6.92 Å². The number of amides is 1. The van der Waals surface area contributed by atoms with Gasteiger partial charge in [-0.1, -0.05) is 0 Å². The van der Waals surface area contributed by atoms with E-state index in [2.05, 4.69) is 15.3 Å². The Hall–Kier alpha value is -2.25. The van der Waals surface area contributed by atoms with E-state index < -0.39 is 18.3 Å². The molecule has 1 aliphatic heterocycles. The van der Waals surface area contributed by atoms with Gasteiger partial charge in [-0.05, 0) is 58.9 Å². The van der Waals surface area contributed by atoms with E-state index in [1.165, 1.54) is 0 Å². The Kier molecular flexibility index (Phi) is 4.39. The molecule has 0 saturated carbocycles. The number of nitrogens with one attached hydrogen (secondary N) is 1. The first-order chi connectivity index (χ1) is 11.7. The summed E-state index contributed by atoms with van der Waals surface area (Å²) in [7, 11) is -0.568. The number of nitrogens with zero attached hydrogens (tertiary/aromatic N) is 2. The minimum absolute atomic E-state index is 0.211. The van der Waals surface area contributed by atoms with Crippen LogP contribution >= 0.6 is 0 Å². The van der Waals surface area contributed by atoms with Gasteiger partial charge in [0.05, 0.1) is 22.4 Å². The van der Waals surface area contributed by atoms with Crippen molar-refractivity contribution in [3.63, 3.8) is 0 Å².